The lowest BCUT2D eigenvalue weighted by Gasteiger charge is -2.32. The van der Waals surface area contributed by atoms with Crippen LogP contribution in [0.2, 0.25) is 0 Å². The molecule has 0 saturated heterocycles. The third-order valence-electron chi connectivity index (χ3n) is 4.18. The Hall–Kier alpha value is -0.890. The number of nitrogens with zero attached hydrogens (tertiary/aromatic N) is 1. The zero-order chi connectivity index (χ0) is 13.0. The smallest absolute Gasteiger partial charge is 0.0544 e. The highest BCUT2D eigenvalue weighted by Crippen LogP contribution is 2.29. The quantitative estimate of drug-likeness (QED) is 0.876. The summed E-state index contributed by atoms with van der Waals surface area (Å²) in [5.41, 5.74) is 2.28. The Balaban J connectivity index is 1.83. The van der Waals surface area contributed by atoms with Gasteiger partial charge in [0.05, 0.1) is 5.69 Å². The minimum absolute atomic E-state index is 0.688. The largest absolute Gasteiger partial charge is 0.308 e. The Morgan fingerprint density at radius 1 is 1.33 bits per heavy atom. The Morgan fingerprint density at radius 2 is 2.17 bits per heavy atom. The SMILES string of the molecule is Cc1cccc(CNC2CCCC(C(C)C)C2)n1. The molecule has 1 heterocycles. The van der Waals surface area contributed by atoms with E-state index in [2.05, 4.69) is 49.3 Å². The van der Waals surface area contributed by atoms with Crippen LogP contribution < -0.4 is 5.32 Å². The molecule has 0 spiro atoms. The van der Waals surface area contributed by atoms with Gasteiger partial charge in [-0.2, -0.15) is 0 Å². The molecule has 0 amide bonds. The minimum Gasteiger partial charge on any atom is -0.308 e. The standard InChI is InChI=1S/C16H26N2/c1-12(2)14-7-5-8-15(10-14)17-11-16-9-4-6-13(3)18-16/h4,6,9,12,14-15,17H,5,7-8,10-11H2,1-3H3. The van der Waals surface area contributed by atoms with E-state index >= 15 is 0 Å². The second kappa shape index (κ2) is 6.33. The summed E-state index contributed by atoms with van der Waals surface area (Å²) in [6.07, 6.45) is 5.46. The van der Waals surface area contributed by atoms with E-state index in [9.17, 15) is 0 Å². The van der Waals surface area contributed by atoms with Gasteiger partial charge >= 0.3 is 0 Å². The van der Waals surface area contributed by atoms with E-state index in [0.717, 1.165) is 24.1 Å². The van der Waals surface area contributed by atoms with Gasteiger partial charge < -0.3 is 5.32 Å². The molecule has 0 radical (unpaired) electrons. The maximum Gasteiger partial charge on any atom is 0.0544 e. The minimum atomic E-state index is 0.688. The van der Waals surface area contributed by atoms with Crippen LogP contribution in [-0.4, -0.2) is 11.0 Å². The van der Waals surface area contributed by atoms with Gasteiger partial charge in [0.25, 0.3) is 0 Å². The lowest BCUT2D eigenvalue weighted by atomic mass is 9.79. The van der Waals surface area contributed by atoms with E-state index in [1.54, 1.807) is 0 Å². The third-order valence-corrected chi connectivity index (χ3v) is 4.18. The van der Waals surface area contributed by atoms with Gasteiger partial charge in [-0.25, -0.2) is 0 Å². The van der Waals surface area contributed by atoms with Crippen molar-refractivity contribution in [3.8, 4) is 0 Å². The van der Waals surface area contributed by atoms with Crippen LogP contribution >= 0.6 is 0 Å². The van der Waals surface area contributed by atoms with Gasteiger partial charge in [0.15, 0.2) is 0 Å². The monoisotopic (exact) mass is 246 g/mol. The van der Waals surface area contributed by atoms with E-state index in [1.165, 1.54) is 31.4 Å². The molecule has 100 valence electrons. The van der Waals surface area contributed by atoms with Crippen molar-refractivity contribution in [3.63, 3.8) is 0 Å². The summed E-state index contributed by atoms with van der Waals surface area (Å²) in [4.78, 5) is 4.55. The van der Waals surface area contributed by atoms with Gasteiger partial charge in [-0.1, -0.05) is 32.8 Å². The molecule has 2 atom stereocenters. The molecule has 2 nitrogen and oxygen atoms in total. The molecule has 1 aliphatic rings. The number of hydrogen-bond donors (Lipinski definition) is 1. The molecule has 1 N–H and O–H groups in total. The first kappa shape index (κ1) is 13.5. The lowest BCUT2D eigenvalue weighted by Crippen LogP contribution is -2.35. The number of hydrogen-bond acceptors (Lipinski definition) is 2. The highest BCUT2D eigenvalue weighted by molar-refractivity contribution is 5.09. The van der Waals surface area contributed by atoms with Crippen molar-refractivity contribution in [1.82, 2.24) is 10.3 Å². The normalized spacial score (nSPS) is 24.4. The van der Waals surface area contributed by atoms with Crippen molar-refractivity contribution < 1.29 is 0 Å². The van der Waals surface area contributed by atoms with Gasteiger partial charge in [0.2, 0.25) is 0 Å². The predicted molar refractivity (Wildman–Crippen MR) is 76.4 cm³/mol. The van der Waals surface area contributed by atoms with E-state index in [0.29, 0.717) is 6.04 Å². The molecule has 2 rings (SSSR count). The van der Waals surface area contributed by atoms with Crippen LogP contribution in [0.15, 0.2) is 18.2 Å². The molecule has 0 aromatic carbocycles. The molecule has 1 saturated carbocycles. The van der Waals surface area contributed by atoms with Crippen molar-refractivity contribution >= 4 is 0 Å². The van der Waals surface area contributed by atoms with Gasteiger partial charge in [-0.05, 0) is 43.7 Å². The molecular formula is C16H26N2. The summed E-state index contributed by atoms with van der Waals surface area (Å²) in [6.45, 7) is 7.68. The van der Waals surface area contributed by atoms with Crippen molar-refractivity contribution in [2.75, 3.05) is 0 Å². The summed E-state index contributed by atoms with van der Waals surface area (Å²) in [6, 6.07) is 6.95. The number of aryl methyl sites for hydroxylation is 1. The second-order valence-electron chi connectivity index (χ2n) is 6.02. The van der Waals surface area contributed by atoms with Crippen LogP contribution in [-0.2, 0) is 6.54 Å². The predicted octanol–water partition coefficient (Wildman–Crippen LogP) is 3.69. The van der Waals surface area contributed by atoms with E-state index in [4.69, 9.17) is 0 Å². The van der Waals surface area contributed by atoms with Crippen LogP contribution in [0.1, 0.15) is 50.9 Å². The van der Waals surface area contributed by atoms with Crippen LogP contribution in [0.3, 0.4) is 0 Å². The molecule has 0 bridgehead atoms. The fraction of sp³-hybridized carbons (Fsp3) is 0.688. The molecule has 0 aliphatic heterocycles. The first-order valence-electron chi connectivity index (χ1n) is 7.31. The zero-order valence-electron chi connectivity index (χ0n) is 11.9. The fourth-order valence-electron chi connectivity index (χ4n) is 2.97. The molecule has 1 aromatic heterocycles. The molecule has 18 heavy (non-hydrogen) atoms. The van der Waals surface area contributed by atoms with Crippen LogP contribution in [0.4, 0.5) is 0 Å². The first-order chi connectivity index (χ1) is 8.65. The molecule has 2 heteroatoms. The van der Waals surface area contributed by atoms with Crippen molar-refractivity contribution in [2.24, 2.45) is 11.8 Å². The fourth-order valence-corrected chi connectivity index (χ4v) is 2.97. The van der Waals surface area contributed by atoms with Gasteiger partial charge in [-0.15, -0.1) is 0 Å². The second-order valence-corrected chi connectivity index (χ2v) is 6.02. The maximum absolute atomic E-state index is 4.55. The maximum atomic E-state index is 4.55. The topological polar surface area (TPSA) is 24.9 Å². The van der Waals surface area contributed by atoms with Crippen molar-refractivity contribution in [1.29, 1.82) is 0 Å². The Kier molecular flexibility index (Phi) is 4.76. The number of nitrogens with one attached hydrogen (secondary N) is 1. The molecule has 1 aromatic rings. The molecule has 1 aliphatic carbocycles. The van der Waals surface area contributed by atoms with Gasteiger partial charge in [0, 0.05) is 18.3 Å². The highest BCUT2D eigenvalue weighted by atomic mass is 14.9. The average molecular weight is 246 g/mol. The summed E-state index contributed by atoms with van der Waals surface area (Å²) in [5, 5.41) is 3.69. The van der Waals surface area contributed by atoms with Crippen LogP contribution in [0.25, 0.3) is 0 Å². The average Bonchev–Trinajstić information content (AvgIpc) is 2.37. The number of pyridine rings is 1. The zero-order valence-corrected chi connectivity index (χ0v) is 11.9. The Bertz CT molecular complexity index is 373. The first-order valence-corrected chi connectivity index (χ1v) is 7.31. The van der Waals surface area contributed by atoms with Gasteiger partial charge in [-0.3, -0.25) is 4.98 Å². The summed E-state index contributed by atoms with van der Waals surface area (Å²) in [7, 11) is 0. The van der Waals surface area contributed by atoms with Gasteiger partial charge in [0.1, 0.15) is 0 Å². The third kappa shape index (κ3) is 3.81. The van der Waals surface area contributed by atoms with Crippen molar-refractivity contribution in [2.45, 2.75) is 59.0 Å². The Labute approximate surface area is 111 Å². The molecular weight excluding hydrogens is 220 g/mol. The van der Waals surface area contributed by atoms with E-state index in [-0.39, 0.29) is 0 Å². The number of aromatic nitrogens is 1. The highest BCUT2D eigenvalue weighted by Gasteiger charge is 2.23. The van der Waals surface area contributed by atoms with Crippen LogP contribution in [0, 0.1) is 18.8 Å². The van der Waals surface area contributed by atoms with E-state index < -0.39 is 0 Å². The van der Waals surface area contributed by atoms with E-state index in [1.807, 2.05) is 0 Å². The lowest BCUT2D eigenvalue weighted by molar-refractivity contribution is 0.230. The summed E-state index contributed by atoms with van der Waals surface area (Å²) in [5.74, 6) is 1.73. The number of rotatable bonds is 4. The van der Waals surface area contributed by atoms with Crippen molar-refractivity contribution in [3.05, 3.63) is 29.6 Å². The summed E-state index contributed by atoms with van der Waals surface area (Å²) >= 11 is 0. The van der Waals surface area contributed by atoms with Crippen LogP contribution in [0.5, 0.6) is 0 Å². The molecule has 2 unspecified atom stereocenters. The molecule has 1 fully saturated rings. The Morgan fingerprint density at radius 3 is 2.89 bits per heavy atom. The summed E-state index contributed by atoms with van der Waals surface area (Å²) < 4.78 is 0.